The Morgan fingerprint density at radius 1 is 1.58 bits per heavy atom. The molecule has 102 valence electrons. The van der Waals surface area contributed by atoms with E-state index in [9.17, 15) is 0 Å². The van der Waals surface area contributed by atoms with Crippen molar-refractivity contribution in [2.75, 3.05) is 13.1 Å². The van der Waals surface area contributed by atoms with Gasteiger partial charge in [-0.2, -0.15) is 16.3 Å². The Hall–Kier alpha value is -1.24. The Morgan fingerprint density at radius 3 is 3.16 bits per heavy atom. The highest BCUT2D eigenvalue weighted by Crippen LogP contribution is 2.25. The van der Waals surface area contributed by atoms with Crippen molar-refractivity contribution in [3.05, 3.63) is 22.7 Å². The molecule has 1 fully saturated rings. The Bertz CT molecular complexity index is 524. The molecule has 3 rings (SSSR count). The molecule has 2 unspecified atom stereocenters. The van der Waals surface area contributed by atoms with Gasteiger partial charge in [0.25, 0.3) is 5.89 Å². The number of nitrogens with zero attached hydrogens (tertiary/aromatic N) is 3. The maximum Gasteiger partial charge on any atom is 0.258 e. The standard InChI is InChI=1S/C13H18N4OS/c1-9-4-10(5-14)6-17(9)7-12-15-13(18-16-12)11-2-3-19-8-11/h2-3,8-10H,4-7,14H2,1H3. The molecule has 19 heavy (non-hydrogen) atoms. The third-order valence-electron chi connectivity index (χ3n) is 3.70. The normalized spacial score (nSPS) is 24.1. The van der Waals surface area contributed by atoms with E-state index in [1.165, 1.54) is 0 Å². The molecule has 0 aromatic carbocycles. The van der Waals surface area contributed by atoms with Gasteiger partial charge in [-0.05, 0) is 37.3 Å². The van der Waals surface area contributed by atoms with Crippen molar-refractivity contribution in [3.8, 4) is 11.5 Å². The first-order valence-corrected chi connectivity index (χ1v) is 7.50. The molecule has 0 bridgehead atoms. The van der Waals surface area contributed by atoms with E-state index in [2.05, 4.69) is 22.0 Å². The van der Waals surface area contributed by atoms with Crippen LogP contribution < -0.4 is 5.73 Å². The van der Waals surface area contributed by atoms with Crippen molar-refractivity contribution in [2.45, 2.75) is 25.9 Å². The van der Waals surface area contributed by atoms with Gasteiger partial charge in [-0.1, -0.05) is 5.16 Å². The lowest BCUT2D eigenvalue weighted by molar-refractivity contribution is 0.245. The first kappa shape index (κ1) is 12.8. The van der Waals surface area contributed by atoms with Gasteiger partial charge in [0, 0.05) is 18.0 Å². The molecule has 0 spiro atoms. The molecular formula is C13H18N4OS. The van der Waals surface area contributed by atoms with Crippen LogP contribution in [0.15, 0.2) is 21.3 Å². The van der Waals surface area contributed by atoms with Gasteiger partial charge in [0.15, 0.2) is 5.82 Å². The zero-order valence-electron chi connectivity index (χ0n) is 11.0. The molecule has 6 heteroatoms. The summed E-state index contributed by atoms with van der Waals surface area (Å²) >= 11 is 1.63. The highest BCUT2D eigenvalue weighted by molar-refractivity contribution is 7.08. The Kier molecular flexibility index (Phi) is 3.63. The first-order valence-electron chi connectivity index (χ1n) is 6.55. The van der Waals surface area contributed by atoms with E-state index in [1.807, 2.05) is 16.8 Å². The lowest BCUT2D eigenvalue weighted by Gasteiger charge is -2.18. The van der Waals surface area contributed by atoms with Crippen LogP contribution in [0.3, 0.4) is 0 Å². The Balaban J connectivity index is 1.68. The smallest absolute Gasteiger partial charge is 0.258 e. The monoisotopic (exact) mass is 278 g/mol. The molecule has 0 amide bonds. The van der Waals surface area contributed by atoms with Crippen LogP contribution in [0.25, 0.3) is 11.5 Å². The van der Waals surface area contributed by atoms with Crippen LogP contribution in [-0.2, 0) is 6.54 Å². The van der Waals surface area contributed by atoms with E-state index >= 15 is 0 Å². The van der Waals surface area contributed by atoms with E-state index in [-0.39, 0.29) is 0 Å². The second kappa shape index (κ2) is 5.40. The summed E-state index contributed by atoms with van der Waals surface area (Å²) in [6.45, 7) is 4.76. The lowest BCUT2D eigenvalue weighted by Crippen LogP contribution is -2.27. The van der Waals surface area contributed by atoms with Crippen molar-refractivity contribution in [2.24, 2.45) is 11.7 Å². The average Bonchev–Trinajstić information content (AvgIpc) is 3.11. The fourth-order valence-corrected chi connectivity index (χ4v) is 3.24. The summed E-state index contributed by atoms with van der Waals surface area (Å²) in [6.07, 6.45) is 1.16. The molecule has 1 aliphatic heterocycles. The molecule has 0 saturated carbocycles. The Morgan fingerprint density at radius 2 is 2.47 bits per heavy atom. The fraction of sp³-hybridized carbons (Fsp3) is 0.538. The number of nitrogens with two attached hydrogens (primary N) is 1. The third kappa shape index (κ3) is 2.70. The summed E-state index contributed by atoms with van der Waals surface area (Å²) in [7, 11) is 0. The van der Waals surface area contributed by atoms with Gasteiger partial charge in [-0.3, -0.25) is 4.90 Å². The van der Waals surface area contributed by atoms with Crippen LogP contribution in [-0.4, -0.2) is 34.2 Å². The van der Waals surface area contributed by atoms with Gasteiger partial charge in [0.2, 0.25) is 0 Å². The predicted molar refractivity (Wildman–Crippen MR) is 74.6 cm³/mol. The highest BCUT2D eigenvalue weighted by Gasteiger charge is 2.29. The summed E-state index contributed by atoms with van der Waals surface area (Å²) in [5, 5.41) is 8.09. The second-order valence-electron chi connectivity index (χ2n) is 5.14. The number of hydrogen-bond donors (Lipinski definition) is 1. The number of hydrogen-bond acceptors (Lipinski definition) is 6. The van der Waals surface area contributed by atoms with Crippen molar-refractivity contribution < 1.29 is 4.52 Å². The van der Waals surface area contributed by atoms with Crippen LogP contribution in [0.2, 0.25) is 0 Å². The van der Waals surface area contributed by atoms with Gasteiger partial charge < -0.3 is 10.3 Å². The van der Waals surface area contributed by atoms with Crippen molar-refractivity contribution >= 4 is 11.3 Å². The number of likely N-dealkylation sites (tertiary alicyclic amines) is 1. The van der Waals surface area contributed by atoms with Crippen molar-refractivity contribution in [1.29, 1.82) is 0 Å². The summed E-state index contributed by atoms with van der Waals surface area (Å²) in [5.74, 6) is 1.96. The van der Waals surface area contributed by atoms with E-state index in [0.29, 0.717) is 17.9 Å². The minimum Gasteiger partial charge on any atom is -0.334 e. The van der Waals surface area contributed by atoms with Gasteiger partial charge in [0.05, 0.1) is 12.1 Å². The predicted octanol–water partition coefficient (Wildman–Crippen LogP) is 1.97. The fourth-order valence-electron chi connectivity index (χ4n) is 2.61. The van der Waals surface area contributed by atoms with E-state index in [0.717, 1.165) is 37.4 Å². The van der Waals surface area contributed by atoms with Gasteiger partial charge in [-0.15, -0.1) is 0 Å². The molecular weight excluding hydrogens is 260 g/mol. The summed E-state index contributed by atoms with van der Waals surface area (Å²) < 4.78 is 5.30. The molecule has 2 aromatic heterocycles. The third-order valence-corrected chi connectivity index (χ3v) is 4.39. The van der Waals surface area contributed by atoms with Crippen molar-refractivity contribution in [3.63, 3.8) is 0 Å². The molecule has 0 aliphatic carbocycles. The van der Waals surface area contributed by atoms with E-state index in [1.54, 1.807) is 11.3 Å². The van der Waals surface area contributed by atoms with Crippen molar-refractivity contribution in [1.82, 2.24) is 15.0 Å². The molecule has 1 aliphatic rings. The van der Waals surface area contributed by atoms with E-state index in [4.69, 9.17) is 10.3 Å². The second-order valence-corrected chi connectivity index (χ2v) is 5.92. The van der Waals surface area contributed by atoms with Crippen LogP contribution in [0.5, 0.6) is 0 Å². The average molecular weight is 278 g/mol. The molecule has 0 radical (unpaired) electrons. The quantitative estimate of drug-likeness (QED) is 0.926. The number of aromatic nitrogens is 2. The number of thiophene rings is 1. The zero-order chi connectivity index (χ0) is 13.2. The van der Waals surface area contributed by atoms with E-state index < -0.39 is 0 Å². The maximum atomic E-state index is 5.74. The maximum absolute atomic E-state index is 5.74. The molecule has 2 atom stereocenters. The minimum atomic E-state index is 0.539. The first-order chi connectivity index (χ1) is 9.26. The summed E-state index contributed by atoms with van der Waals surface area (Å²) in [6, 6.07) is 2.53. The SMILES string of the molecule is CC1CC(CN)CN1Cc1noc(-c2ccsc2)n1. The van der Waals surface area contributed by atoms with Crippen LogP contribution >= 0.6 is 11.3 Å². The minimum absolute atomic E-state index is 0.539. The van der Waals surface area contributed by atoms with Crippen LogP contribution in [0.4, 0.5) is 0 Å². The lowest BCUT2D eigenvalue weighted by atomic mass is 10.1. The molecule has 3 heterocycles. The Labute approximate surface area is 116 Å². The topological polar surface area (TPSA) is 68.2 Å². The van der Waals surface area contributed by atoms with Gasteiger partial charge in [0.1, 0.15) is 0 Å². The summed E-state index contributed by atoms with van der Waals surface area (Å²) in [5.41, 5.74) is 6.74. The summed E-state index contributed by atoms with van der Waals surface area (Å²) in [4.78, 5) is 6.83. The molecule has 2 aromatic rings. The number of rotatable bonds is 4. The van der Waals surface area contributed by atoms with Gasteiger partial charge >= 0.3 is 0 Å². The zero-order valence-corrected chi connectivity index (χ0v) is 11.8. The van der Waals surface area contributed by atoms with Gasteiger partial charge in [-0.25, -0.2) is 0 Å². The largest absolute Gasteiger partial charge is 0.334 e. The highest BCUT2D eigenvalue weighted by atomic mass is 32.1. The molecule has 5 nitrogen and oxygen atoms in total. The van der Waals surface area contributed by atoms with Crippen LogP contribution in [0.1, 0.15) is 19.2 Å². The van der Waals surface area contributed by atoms with Crippen LogP contribution in [0, 0.1) is 5.92 Å². The molecule has 2 N–H and O–H groups in total. The molecule has 1 saturated heterocycles.